The Kier molecular flexibility index (Phi) is 4.95. The number of nitrogens with one attached hydrogen (secondary N) is 1. The quantitative estimate of drug-likeness (QED) is 0.690. The lowest BCUT2D eigenvalue weighted by molar-refractivity contribution is 0.0670. The van der Waals surface area contributed by atoms with Gasteiger partial charge in [-0.25, -0.2) is 0 Å². The largest absolute Gasteiger partial charge is 0.350 e. The minimum atomic E-state index is -0.307. The molecule has 0 aliphatic carbocycles. The van der Waals surface area contributed by atoms with Crippen LogP contribution in [0.5, 0.6) is 0 Å². The van der Waals surface area contributed by atoms with E-state index in [0.29, 0.717) is 35.9 Å². The van der Waals surface area contributed by atoms with Crippen LogP contribution >= 0.6 is 11.6 Å². The van der Waals surface area contributed by atoms with Crippen LogP contribution in [0.15, 0.2) is 24.5 Å². The van der Waals surface area contributed by atoms with Gasteiger partial charge < -0.3 is 10.2 Å². The first-order valence-corrected chi connectivity index (χ1v) is 9.33. The molecule has 1 aliphatic heterocycles. The van der Waals surface area contributed by atoms with E-state index in [1.54, 1.807) is 36.5 Å². The topological polar surface area (TPSA) is 110 Å². The predicted molar refractivity (Wildman–Crippen MR) is 100.0 cm³/mol. The van der Waals surface area contributed by atoms with E-state index in [4.69, 9.17) is 11.6 Å². The molecule has 11 heteroatoms. The van der Waals surface area contributed by atoms with Crippen molar-refractivity contribution in [2.45, 2.75) is 12.8 Å². The second-order valence-corrected chi connectivity index (χ2v) is 7.28. The number of hydrogen-bond acceptors (Lipinski definition) is 6. The molecular formula is C17H19ClN8O2. The summed E-state index contributed by atoms with van der Waals surface area (Å²) in [5.74, 6) is -0.208. The third-order valence-corrected chi connectivity index (χ3v) is 5.07. The first-order chi connectivity index (χ1) is 13.5. The van der Waals surface area contributed by atoms with Gasteiger partial charge in [0.2, 0.25) is 0 Å². The third-order valence-electron chi connectivity index (χ3n) is 4.80. The van der Waals surface area contributed by atoms with Crippen LogP contribution in [0.1, 0.15) is 33.7 Å². The summed E-state index contributed by atoms with van der Waals surface area (Å²) in [5.41, 5.74) is 1.33. The number of fused-ring (bicyclic) bond motifs is 1. The van der Waals surface area contributed by atoms with Crippen molar-refractivity contribution in [2.24, 2.45) is 13.0 Å². The SMILES string of the molecule is Cn1cc(Cl)c(C(=O)NCC2CCCN(C(=O)c3ccc4nnnn4c3)C2)n1. The number of likely N-dealkylation sites (tertiary alicyclic amines) is 1. The number of hydrogen-bond donors (Lipinski definition) is 1. The zero-order chi connectivity index (χ0) is 19.7. The number of piperidine rings is 1. The van der Waals surface area contributed by atoms with Crippen molar-refractivity contribution >= 4 is 29.1 Å². The number of tetrazole rings is 1. The summed E-state index contributed by atoms with van der Waals surface area (Å²) in [6.07, 6.45) is 5.03. The van der Waals surface area contributed by atoms with E-state index in [1.807, 2.05) is 0 Å². The Labute approximate surface area is 165 Å². The highest BCUT2D eigenvalue weighted by molar-refractivity contribution is 6.33. The molecule has 10 nitrogen and oxygen atoms in total. The van der Waals surface area contributed by atoms with Crippen LogP contribution in [0.25, 0.3) is 5.65 Å². The van der Waals surface area contributed by atoms with Gasteiger partial charge in [0, 0.05) is 39.1 Å². The van der Waals surface area contributed by atoms with E-state index < -0.39 is 0 Å². The molecule has 0 spiro atoms. The molecule has 4 rings (SSSR count). The smallest absolute Gasteiger partial charge is 0.273 e. The molecule has 2 amide bonds. The maximum absolute atomic E-state index is 12.8. The molecule has 1 atom stereocenters. The van der Waals surface area contributed by atoms with Gasteiger partial charge in [-0.2, -0.15) is 9.61 Å². The Morgan fingerprint density at radius 1 is 1.32 bits per heavy atom. The van der Waals surface area contributed by atoms with Crippen LogP contribution in [-0.4, -0.2) is 66.2 Å². The molecule has 3 aromatic rings. The van der Waals surface area contributed by atoms with Crippen molar-refractivity contribution in [2.75, 3.05) is 19.6 Å². The second kappa shape index (κ2) is 7.55. The van der Waals surface area contributed by atoms with E-state index in [-0.39, 0.29) is 23.4 Å². The van der Waals surface area contributed by atoms with Crippen LogP contribution in [0.4, 0.5) is 0 Å². The zero-order valence-corrected chi connectivity index (χ0v) is 16.0. The third kappa shape index (κ3) is 3.68. The van der Waals surface area contributed by atoms with Gasteiger partial charge in [0.1, 0.15) is 0 Å². The Morgan fingerprint density at radius 3 is 2.96 bits per heavy atom. The van der Waals surface area contributed by atoms with Gasteiger partial charge in [-0.1, -0.05) is 11.6 Å². The fourth-order valence-electron chi connectivity index (χ4n) is 3.40. The maximum Gasteiger partial charge on any atom is 0.273 e. The number of nitrogens with zero attached hydrogens (tertiary/aromatic N) is 7. The minimum Gasteiger partial charge on any atom is -0.350 e. The number of aryl methyl sites for hydroxylation is 1. The summed E-state index contributed by atoms with van der Waals surface area (Å²) in [5, 5.41) is 18.5. The predicted octanol–water partition coefficient (Wildman–Crippen LogP) is 0.793. The van der Waals surface area contributed by atoms with Crippen LogP contribution in [0.3, 0.4) is 0 Å². The van der Waals surface area contributed by atoms with Crippen LogP contribution in [0, 0.1) is 5.92 Å². The molecule has 0 aromatic carbocycles. The Morgan fingerprint density at radius 2 is 2.18 bits per heavy atom. The monoisotopic (exact) mass is 402 g/mol. The highest BCUT2D eigenvalue weighted by Crippen LogP contribution is 2.19. The fraction of sp³-hybridized carbons (Fsp3) is 0.412. The number of rotatable bonds is 4. The van der Waals surface area contributed by atoms with Gasteiger partial charge in [-0.15, -0.1) is 5.10 Å². The molecule has 0 radical (unpaired) electrons. The molecule has 4 heterocycles. The second-order valence-electron chi connectivity index (χ2n) is 6.87. The van der Waals surface area contributed by atoms with Crippen molar-refractivity contribution < 1.29 is 9.59 Å². The molecule has 146 valence electrons. The van der Waals surface area contributed by atoms with E-state index in [1.165, 1.54) is 9.20 Å². The number of pyridine rings is 1. The summed E-state index contributed by atoms with van der Waals surface area (Å²) < 4.78 is 2.98. The van der Waals surface area contributed by atoms with Gasteiger partial charge in [0.05, 0.1) is 10.6 Å². The minimum absolute atomic E-state index is 0.0683. The Hall–Kier alpha value is -3.01. The molecular weight excluding hydrogens is 384 g/mol. The average molecular weight is 403 g/mol. The van der Waals surface area contributed by atoms with Gasteiger partial charge in [-0.05, 0) is 41.3 Å². The number of carbonyl (C=O) groups excluding carboxylic acids is 2. The molecule has 0 saturated carbocycles. The van der Waals surface area contributed by atoms with E-state index >= 15 is 0 Å². The van der Waals surface area contributed by atoms with E-state index in [9.17, 15) is 9.59 Å². The summed E-state index contributed by atoms with van der Waals surface area (Å²) >= 11 is 6.01. The molecule has 0 bridgehead atoms. The first kappa shape index (κ1) is 18.4. The summed E-state index contributed by atoms with van der Waals surface area (Å²) in [6.45, 7) is 1.72. The van der Waals surface area contributed by atoms with Crippen molar-refractivity contribution in [3.05, 3.63) is 40.8 Å². The first-order valence-electron chi connectivity index (χ1n) is 8.95. The zero-order valence-electron chi connectivity index (χ0n) is 15.2. The molecule has 1 aliphatic rings. The summed E-state index contributed by atoms with van der Waals surface area (Å²) in [7, 11) is 1.71. The van der Waals surface area contributed by atoms with E-state index in [2.05, 4.69) is 25.9 Å². The molecule has 28 heavy (non-hydrogen) atoms. The molecule has 1 N–H and O–H groups in total. The van der Waals surface area contributed by atoms with Crippen molar-refractivity contribution in [1.29, 1.82) is 0 Å². The van der Waals surface area contributed by atoms with Gasteiger partial charge in [0.25, 0.3) is 11.8 Å². The standard InChI is InChI=1S/C17H19ClN8O2/c1-24-10-13(18)15(21-24)16(27)19-7-11-3-2-6-25(8-11)17(28)12-4-5-14-20-22-23-26(14)9-12/h4-5,9-11H,2-3,6-8H2,1H3,(H,19,27). The lowest BCUT2D eigenvalue weighted by Crippen LogP contribution is -2.43. The highest BCUT2D eigenvalue weighted by Gasteiger charge is 2.26. The number of amides is 2. The lowest BCUT2D eigenvalue weighted by Gasteiger charge is -2.32. The summed E-state index contributed by atoms with van der Waals surface area (Å²) in [4.78, 5) is 26.9. The normalized spacial score (nSPS) is 17.1. The number of halogens is 1. The molecule has 1 fully saturated rings. The number of carbonyl (C=O) groups is 2. The number of aromatic nitrogens is 6. The van der Waals surface area contributed by atoms with Gasteiger partial charge in [0.15, 0.2) is 11.3 Å². The Balaban J connectivity index is 1.37. The van der Waals surface area contributed by atoms with Gasteiger partial charge >= 0.3 is 0 Å². The van der Waals surface area contributed by atoms with Crippen molar-refractivity contribution in [1.82, 2.24) is 40.0 Å². The van der Waals surface area contributed by atoms with Crippen LogP contribution in [-0.2, 0) is 7.05 Å². The fourth-order valence-corrected chi connectivity index (χ4v) is 3.67. The van der Waals surface area contributed by atoms with Gasteiger partial charge in [-0.3, -0.25) is 14.3 Å². The van der Waals surface area contributed by atoms with Crippen molar-refractivity contribution in [3.63, 3.8) is 0 Å². The highest BCUT2D eigenvalue weighted by atomic mass is 35.5. The van der Waals surface area contributed by atoms with Crippen molar-refractivity contribution in [3.8, 4) is 0 Å². The lowest BCUT2D eigenvalue weighted by atomic mass is 9.97. The molecule has 3 aromatic heterocycles. The van der Waals surface area contributed by atoms with Crippen LogP contribution < -0.4 is 5.32 Å². The summed E-state index contributed by atoms with van der Waals surface area (Å²) in [6, 6.07) is 3.44. The average Bonchev–Trinajstić information content (AvgIpc) is 3.30. The van der Waals surface area contributed by atoms with Crippen LogP contribution in [0.2, 0.25) is 5.02 Å². The molecule has 1 unspecified atom stereocenters. The van der Waals surface area contributed by atoms with E-state index in [0.717, 1.165) is 12.8 Å². The Bertz CT molecular complexity index is 1030. The maximum atomic E-state index is 12.8. The molecule has 1 saturated heterocycles.